The molecule has 0 atom stereocenters. The minimum atomic E-state index is -0.789. The first-order valence-electron chi connectivity index (χ1n) is 6.04. The number of rotatable bonds is 8. The molecule has 0 saturated carbocycles. The zero-order valence-electron chi connectivity index (χ0n) is 11.1. The van der Waals surface area contributed by atoms with Gasteiger partial charge in [-0.15, -0.1) is 12.3 Å². The molecule has 18 heavy (non-hydrogen) atoms. The van der Waals surface area contributed by atoms with E-state index >= 15 is 0 Å². The minimum absolute atomic E-state index is 0.0928. The maximum atomic E-state index is 11.3. The number of urea groups is 1. The molecule has 0 heterocycles. The van der Waals surface area contributed by atoms with E-state index in [-0.39, 0.29) is 17.9 Å². The summed E-state index contributed by atoms with van der Waals surface area (Å²) in [5.74, 6) is 1.64. The topological polar surface area (TPSA) is 78.4 Å². The average molecular weight is 254 g/mol. The van der Waals surface area contributed by atoms with Gasteiger partial charge >= 0.3 is 12.0 Å². The standard InChI is InChI=1S/C13H22N2O3/c1-4-5-9-14-12(18)15-10-8-13(2,3)7-6-11(16)17/h1H,5-10H2,2-3H3,(H,16,17)(H2,14,15,18). The van der Waals surface area contributed by atoms with Crippen molar-refractivity contribution in [2.24, 2.45) is 5.41 Å². The fourth-order valence-corrected chi connectivity index (χ4v) is 1.40. The lowest BCUT2D eigenvalue weighted by Crippen LogP contribution is -2.37. The van der Waals surface area contributed by atoms with Gasteiger partial charge in [0.15, 0.2) is 0 Å². The molecule has 0 aliphatic carbocycles. The van der Waals surface area contributed by atoms with E-state index in [0.717, 1.165) is 6.42 Å². The number of carboxylic acid groups (broad SMARTS) is 1. The molecule has 0 aromatic carbocycles. The van der Waals surface area contributed by atoms with Crippen molar-refractivity contribution in [3.05, 3.63) is 0 Å². The van der Waals surface area contributed by atoms with E-state index in [0.29, 0.717) is 25.9 Å². The number of aliphatic carboxylic acids is 1. The second-order valence-corrected chi connectivity index (χ2v) is 4.94. The van der Waals surface area contributed by atoms with Gasteiger partial charge in [0, 0.05) is 25.9 Å². The summed E-state index contributed by atoms with van der Waals surface area (Å²) in [7, 11) is 0. The van der Waals surface area contributed by atoms with Crippen LogP contribution in [0.15, 0.2) is 0 Å². The molecule has 5 heteroatoms. The van der Waals surface area contributed by atoms with Gasteiger partial charge in [-0.1, -0.05) is 13.8 Å². The third kappa shape index (κ3) is 9.52. The van der Waals surface area contributed by atoms with Gasteiger partial charge in [-0.05, 0) is 18.3 Å². The molecule has 0 aliphatic rings. The Labute approximate surface area is 108 Å². The summed E-state index contributed by atoms with van der Waals surface area (Å²) in [5, 5.41) is 14.0. The third-order valence-corrected chi connectivity index (χ3v) is 2.66. The van der Waals surface area contributed by atoms with E-state index < -0.39 is 5.97 Å². The van der Waals surface area contributed by atoms with Crippen LogP contribution in [-0.2, 0) is 4.79 Å². The Hall–Kier alpha value is -1.70. The summed E-state index contributed by atoms with van der Waals surface area (Å²) in [5.41, 5.74) is -0.0928. The maximum absolute atomic E-state index is 11.3. The normalized spacial score (nSPS) is 10.5. The number of nitrogens with one attached hydrogen (secondary N) is 2. The first-order valence-corrected chi connectivity index (χ1v) is 6.04. The predicted octanol–water partition coefficient (Wildman–Crippen LogP) is 1.59. The highest BCUT2D eigenvalue weighted by molar-refractivity contribution is 5.73. The Bertz CT molecular complexity index is 319. The van der Waals surface area contributed by atoms with Crippen molar-refractivity contribution in [1.82, 2.24) is 10.6 Å². The molecule has 0 aromatic rings. The Balaban J connectivity index is 3.72. The second-order valence-electron chi connectivity index (χ2n) is 4.94. The smallest absolute Gasteiger partial charge is 0.314 e. The lowest BCUT2D eigenvalue weighted by atomic mass is 9.84. The zero-order valence-corrected chi connectivity index (χ0v) is 11.1. The van der Waals surface area contributed by atoms with E-state index in [4.69, 9.17) is 11.5 Å². The molecule has 0 aromatic heterocycles. The Morgan fingerprint density at radius 2 is 1.83 bits per heavy atom. The van der Waals surface area contributed by atoms with Crippen molar-refractivity contribution in [3.63, 3.8) is 0 Å². The van der Waals surface area contributed by atoms with Crippen molar-refractivity contribution in [2.45, 2.75) is 39.5 Å². The quantitative estimate of drug-likeness (QED) is 0.454. The van der Waals surface area contributed by atoms with Crippen LogP contribution in [0.4, 0.5) is 4.79 Å². The van der Waals surface area contributed by atoms with Gasteiger partial charge in [0.1, 0.15) is 0 Å². The van der Waals surface area contributed by atoms with Gasteiger partial charge in [-0.2, -0.15) is 0 Å². The van der Waals surface area contributed by atoms with Crippen LogP contribution < -0.4 is 10.6 Å². The molecular formula is C13H22N2O3. The summed E-state index contributed by atoms with van der Waals surface area (Å²) in [4.78, 5) is 21.8. The molecule has 2 amide bonds. The lowest BCUT2D eigenvalue weighted by molar-refractivity contribution is -0.137. The van der Waals surface area contributed by atoms with Crippen molar-refractivity contribution in [2.75, 3.05) is 13.1 Å². The molecular weight excluding hydrogens is 232 g/mol. The number of carbonyl (C=O) groups excluding carboxylic acids is 1. The molecule has 5 nitrogen and oxygen atoms in total. The lowest BCUT2D eigenvalue weighted by Gasteiger charge is -2.23. The number of amides is 2. The maximum Gasteiger partial charge on any atom is 0.314 e. The van der Waals surface area contributed by atoms with E-state index in [1.54, 1.807) is 0 Å². The first kappa shape index (κ1) is 16.3. The predicted molar refractivity (Wildman–Crippen MR) is 70.1 cm³/mol. The van der Waals surface area contributed by atoms with Crippen LogP contribution in [0.3, 0.4) is 0 Å². The number of terminal acetylenes is 1. The Morgan fingerprint density at radius 1 is 1.22 bits per heavy atom. The first-order chi connectivity index (χ1) is 8.37. The van der Waals surface area contributed by atoms with Gasteiger partial charge in [-0.25, -0.2) is 4.79 Å². The summed E-state index contributed by atoms with van der Waals surface area (Å²) in [6.07, 6.45) is 7.06. The highest BCUT2D eigenvalue weighted by Crippen LogP contribution is 2.25. The average Bonchev–Trinajstić information content (AvgIpc) is 2.27. The van der Waals surface area contributed by atoms with Gasteiger partial charge in [-0.3, -0.25) is 4.79 Å². The van der Waals surface area contributed by atoms with Gasteiger partial charge in [0.25, 0.3) is 0 Å². The number of hydrogen-bond donors (Lipinski definition) is 3. The Kier molecular flexibility index (Phi) is 7.61. The van der Waals surface area contributed by atoms with E-state index in [9.17, 15) is 9.59 Å². The molecule has 3 N–H and O–H groups in total. The minimum Gasteiger partial charge on any atom is -0.481 e. The van der Waals surface area contributed by atoms with Crippen molar-refractivity contribution < 1.29 is 14.7 Å². The fraction of sp³-hybridized carbons (Fsp3) is 0.692. The van der Waals surface area contributed by atoms with Gasteiger partial charge < -0.3 is 15.7 Å². The van der Waals surface area contributed by atoms with Crippen LogP contribution in [-0.4, -0.2) is 30.2 Å². The van der Waals surface area contributed by atoms with Gasteiger partial charge in [0.05, 0.1) is 0 Å². The van der Waals surface area contributed by atoms with Crippen molar-refractivity contribution in [3.8, 4) is 12.3 Å². The van der Waals surface area contributed by atoms with E-state index in [1.165, 1.54) is 0 Å². The summed E-state index contributed by atoms with van der Waals surface area (Å²) in [6.45, 7) is 4.97. The van der Waals surface area contributed by atoms with E-state index in [1.807, 2.05) is 13.8 Å². The van der Waals surface area contributed by atoms with Crippen LogP contribution in [0.5, 0.6) is 0 Å². The molecule has 0 spiro atoms. The molecule has 0 radical (unpaired) electrons. The van der Waals surface area contributed by atoms with Crippen LogP contribution in [0.25, 0.3) is 0 Å². The molecule has 0 aliphatic heterocycles. The molecule has 0 bridgehead atoms. The number of hydrogen-bond acceptors (Lipinski definition) is 2. The molecule has 102 valence electrons. The third-order valence-electron chi connectivity index (χ3n) is 2.66. The highest BCUT2D eigenvalue weighted by atomic mass is 16.4. The van der Waals surface area contributed by atoms with Crippen LogP contribution >= 0.6 is 0 Å². The number of carbonyl (C=O) groups is 2. The largest absolute Gasteiger partial charge is 0.481 e. The Morgan fingerprint density at radius 3 is 2.39 bits per heavy atom. The summed E-state index contributed by atoms with van der Waals surface area (Å²) < 4.78 is 0. The summed E-state index contributed by atoms with van der Waals surface area (Å²) in [6, 6.07) is -0.237. The number of carboxylic acids is 1. The zero-order chi connectivity index (χ0) is 14.0. The molecule has 0 fully saturated rings. The molecule has 0 unspecified atom stereocenters. The van der Waals surface area contributed by atoms with Crippen LogP contribution in [0, 0.1) is 17.8 Å². The van der Waals surface area contributed by atoms with Crippen LogP contribution in [0.2, 0.25) is 0 Å². The summed E-state index contributed by atoms with van der Waals surface area (Å²) >= 11 is 0. The van der Waals surface area contributed by atoms with Crippen molar-refractivity contribution in [1.29, 1.82) is 0 Å². The fourth-order valence-electron chi connectivity index (χ4n) is 1.40. The van der Waals surface area contributed by atoms with Crippen LogP contribution in [0.1, 0.15) is 39.5 Å². The highest BCUT2D eigenvalue weighted by Gasteiger charge is 2.19. The molecule has 0 saturated heterocycles. The molecule has 0 rings (SSSR count). The SMILES string of the molecule is C#CCCNC(=O)NCCC(C)(C)CCC(=O)O. The monoisotopic (exact) mass is 254 g/mol. The van der Waals surface area contributed by atoms with E-state index in [2.05, 4.69) is 16.6 Å². The van der Waals surface area contributed by atoms with Crippen molar-refractivity contribution >= 4 is 12.0 Å². The van der Waals surface area contributed by atoms with Gasteiger partial charge in [0.2, 0.25) is 0 Å². The second kappa shape index (κ2) is 8.40.